The average molecular weight is 265 g/mol. The van der Waals surface area contributed by atoms with Gasteiger partial charge in [0, 0.05) is 18.9 Å². The Hall–Kier alpha value is -1.81. The van der Waals surface area contributed by atoms with Crippen molar-refractivity contribution in [3.05, 3.63) is 47.0 Å². The van der Waals surface area contributed by atoms with Crippen LogP contribution in [-0.4, -0.2) is 15.8 Å². The molecule has 0 aliphatic heterocycles. The first kappa shape index (κ1) is 12.6. The van der Waals surface area contributed by atoms with Crippen molar-refractivity contribution in [2.75, 3.05) is 0 Å². The first-order chi connectivity index (χ1) is 8.76. The average Bonchev–Trinajstić information content (AvgIpc) is 2.84. The van der Waals surface area contributed by atoms with Gasteiger partial charge in [0.05, 0.1) is 10.6 Å². The van der Waals surface area contributed by atoms with Crippen molar-refractivity contribution in [1.82, 2.24) is 9.55 Å². The number of imidazole rings is 1. The Kier molecular flexibility index (Phi) is 3.99. The van der Waals surface area contributed by atoms with Gasteiger partial charge < -0.3 is 9.30 Å². The summed E-state index contributed by atoms with van der Waals surface area (Å²) in [5.41, 5.74) is 0.442. The zero-order valence-corrected chi connectivity index (χ0v) is 10.7. The maximum atomic E-state index is 10.9. The van der Waals surface area contributed by atoms with Gasteiger partial charge in [-0.1, -0.05) is 17.7 Å². The standard InChI is InChI=1S/C13H13ClN2O2/c1-2-16-7-6-15-12(16)9-18-13-10(8-17)4-3-5-11(13)14/h3-8H,2,9H2,1H3. The summed E-state index contributed by atoms with van der Waals surface area (Å²) in [6.07, 6.45) is 4.33. The number of benzene rings is 1. The lowest BCUT2D eigenvalue weighted by atomic mass is 10.2. The Morgan fingerprint density at radius 1 is 1.50 bits per heavy atom. The van der Waals surface area contributed by atoms with E-state index in [0.29, 0.717) is 16.3 Å². The number of hydrogen-bond acceptors (Lipinski definition) is 3. The van der Waals surface area contributed by atoms with Crippen LogP contribution < -0.4 is 4.74 Å². The fourth-order valence-corrected chi connectivity index (χ4v) is 1.91. The van der Waals surface area contributed by atoms with E-state index in [2.05, 4.69) is 4.98 Å². The predicted molar refractivity (Wildman–Crippen MR) is 69.1 cm³/mol. The van der Waals surface area contributed by atoms with Gasteiger partial charge in [-0.05, 0) is 19.1 Å². The summed E-state index contributed by atoms with van der Waals surface area (Å²) in [6.45, 7) is 3.13. The van der Waals surface area contributed by atoms with Gasteiger partial charge in [-0.3, -0.25) is 4.79 Å². The van der Waals surface area contributed by atoms with Crippen molar-refractivity contribution >= 4 is 17.9 Å². The van der Waals surface area contributed by atoms with E-state index in [1.165, 1.54) is 0 Å². The molecule has 1 aromatic carbocycles. The van der Waals surface area contributed by atoms with Crippen molar-refractivity contribution in [1.29, 1.82) is 0 Å². The minimum Gasteiger partial charge on any atom is -0.483 e. The minimum absolute atomic E-state index is 0.283. The van der Waals surface area contributed by atoms with E-state index >= 15 is 0 Å². The quantitative estimate of drug-likeness (QED) is 0.780. The second-order valence-corrected chi connectivity index (χ2v) is 4.10. The molecule has 0 amide bonds. The molecular formula is C13H13ClN2O2. The highest BCUT2D eigenvalue weighted by Crippen LogP contribution is 2.28. The lowest BCUT2D eigenvalue weighted by Gasteiger charge is -2.10. The van der Waals surface area contributed by atoms with E-state index in [1.807, 2.05) is 17.7 Å². The van der Waals surface area contributed by atoms with Crippen molar-refractivity contribution < 1.29 is 9.53 Å². The SMILES string of the molecule is CCn1ccnc1COc1c(Cl)cccc1C=O. The molecule has 0 spiro atoms. The Balaban J connectivity index is 2.18. The van der Waals surface area contributed by atoms with Crippen LogP contribution in [-0.2, 0) is 13.2 Å². The molecule has 0 unspecified atom stereocenters. The van der Waals surface area contributed by atoms with Gasteiger partial charge in [-0.2, -0.15) is 0 Å². The third-order valence-corrected chi connectivity index (χ3v) is 2.91. The van der Waals surface area contributed by atoms with Gasteiger partial charge in [0.2, 0.25) is 0 Å². The Morgan fingerprint density at radius 2 is 2.33 bits per heavy atom. The fraction of sp³-hybridized carbons (Fsp3) is 0.231. The topological polar surface area (TPSA) is 44.1 Å². The molecule has 0 bridgehead atoms. The van der Waals surface area contributed by atoms with Crippen LogP contribution in [0.1, 0.15) is 23.1 Å². The number of aromatic nitrogens is 2. The van der Waals surface area contributed by atoms with Gasteiger partial charge in [0.25, 0.3) is 0 Å². The number of aldehydes is 1. The van der Waals surface area contributed by atoms with Crippen LogP contribution in [0.25, 0.3) is 0 Å². The number of para-hydroxylation sites is 1. The summed E-state index contributed by atoms with van der Waals surface area (Å²) in [5.74, 6) is 1.20. The summed E-state index contributed by atoms with van der Waals surface area (Å²) < 4.78 is 7.57. The van der Waals surface area contributed by atoms with Gasteiger partial charge in [0.1, 0.15) is 18.2 Å². The molecule has 0 atom stereocenters. The number of hydrogen-bond donors (Lipinski definition) is 0. The number of halogens is 1. The molecule has 0 radical (unpaired) electrons. The molecule has 0 saturated heterocycles. The molecular weight excluding hydrogens is 252 g/mol. The van der Waals surface area contributed by atoms with E-state index in [-0.39, 0.29) is 6.61 Å². The van der Waals surface area contributed by atoms with Crippen LogP contribution >= 0.6 is 11.6 Å². The summed E-state index contributed by atoms with van der Waals surface area (Å²) >= 11 is 6.01. The molecule has 94 valence electrons. The molecule has 5 heteroatoms. The van der Waals surface area contributed by atoms with Crippen molar-refractivity contribution in [3.8, 4) is 5.75 Å². The Morgan fingerprint density at radius 3 is 3.06 bits per heavy atom. The van der Waals surface area contributed by atoms with Crippen LogP contribution in [0.3, 0.4) is 0 Å². The number of nitrogens with zero attached hydrogens (tertiary/aromatic N) is 2. The third kappa shape index (κ3) is 2.54. The highest BCUT2D eigenvalue weighted by Gasteiger charge is 2.09. The Bertz CT molecular complexity index is 552. The van der Waals surface area contributed by atoms with Crippen LogP contribution in [0, 0.1) is 0 Å². The molecule has 0 saturated carbocycles. The molecule has 0 fully saturated rings. The number of carbonyl (C=O) groups is 1. The van der Waals surface area contributed by atoms with Crippen molar-refractivity contribution in [2.24, 2.45) is 0 Å². The maximum absolute atomic E-state index is 10.9. The maximum Gasteiger partial charge on any atom is 0.153 e. The van der Waals surface area contributed by atoms with Crippen molar-refractivity contribution in [2.45, 2.75) is 20.1 Å². The monoisotopic (exact) mass is 264 g/mol. The van der Waals surface area contributed by atoms with Crippen LogP contribution in [0.15, 0.2) is 30.6 Å². The first-order valence-electron chi connectivity index (χ1n) is 5.62. The zero-order chi connectivity index (χ0) is 13.0. The highest BCUT2D eigenvalue weighted by atomic mass is 35.5. The highest BCUT2D eigenvalue weighted by molar-refractivity contribution is 6.32. The van der Waals surface area contributed by atoms with E-state index in [9.17, 15) is 4.79 Å². The lowest BCUT2D eigenvalue weighted by Crippen LogP contribution is -2.06. The second-order valence-electron chi connectivity index (χ2n) is 3.69. The molecule has 4 nitrogen and oxygen atoms in total. The zero-order valence-electron chi connectivity index (χ0n) is 9.97. The van der Waals surface area contributed by atoms with Gasteiger partial charge >= 0.3 is 0 Å². The second kappa shape index (κ2) is 5.69. The van der Waals surface area contributed by atoms with E-state index in [1.54, 1.807) is 24.4 Å². The lowest BCUT2D eigenvalue weighted by molar-refractivity contribution is 0.111. The van der Waals surface area contributed by atoms with Gasteiger partial charge in [0.15, 0.2) is 6.29 Å². The van der Waals surface area contributed by atoms with Gasteiger partial charge in [-0.15, -0.1) is 0 Å². The van der Waals surface area contributed by atoms with E-state index in [0.717, 1.165) is 18.7 Å². The largest absolute Gasteiger partial charge is 0.483 e. The summed E-state index contributed by atoms with van der Waals surface area (Å²) in [6, 6.07) is 5.07. The fourth-order valence-electron chi connectivity index (χ4n) is 1.68. The van der Waals surface area contributed by atoms with Crippen LogP contribution in [0.4, 0.5) is 0 Å². The normalized spacial score (nSPS) is 10.3. The molecule has 0 aliphatic rings. The molecule has 2 rings (SSSR count). The first-order valence-corrected chi connectivity index (χ1v) is 6.00. The number of rotatable bonds is 5. The minimum atomic E-state index is 0.283. The van der Waals surface area contributed by atoms with Crippen LogP contribution in [0.5, 0.6) is 5.75 Å². The molecule has 1 aromatic heterocycles. The smallest absolute Gasteiger partial charge is 0.153 e. The Labute approximate surface area is 110 Å². The van der Waals surface area contributed by atoms with Crippen LogP contribution in [0.2, 0.25) is 5.02 Å². The number of ether oxygens (including phenoxy) is 1. The molecule has 0 N–H and O–H groups in total. The molecule has 1 heterocycles. The summed E-state index contributed by atoms with van der Waals surface area (Å²) in [5, 5.41) is 0.425. The summed E-state index contributed by atoms with van der Waals surface area (Å²) in [4.78, 5) is 15.1. The number of aryl methyl sites for hydroxylation is 1. The van der Waals surface area contributed by atoms with E-state index < -0.39 is 0 Å². The number of carbonyl (C=O) groups excluding carboxylic acids is 1. The molecule has 18 heavy (non-hydrogen) atoms. The van der Waals surface area contributed by atoms with E-state index in [4.69, 9.17) is 16.3 Å². The molecule has 2 aromatic rings. The third-order valence-electron chi connectivity index (χ3n) is 2.61. The van der Waals surface area contributed by atoms with Crippen molar-refractivity contribution in [3.63, 3.8) is 0 Å². The van der Waals surface area contributed by atoms with Gasteiger partial charge in [-0.25, -0.2) is 4.98 Å². The molecule has 0 aliphatic carbocycles. The summed E-state index contributed by atoms with van der Waals surface area (Å²) in [7, 11) is 0. The predicted octanol–water partition coefficient (Wildman–Crippen LogP) is 2.95.